The van der Waals surface area contributed by atoms with Gasteiger partial charge in [0.2, 0.25) is 10.0 Å². The molecule has 2 rings (SSSR count). The largest absolute Gasteiger partial charge is 0.508 e. The van der Waals surface area contributed by atoms with E-state index >= 15 is 0 Å². The lowest BCUT2D eigenvalue weighted by molar-refractivity contribution is 0.474. The lowest BCUT2D eigenvalue weighted by Crippen LogP contribution is -2.26. The summed E-state index contributed by atoms with van der Waals surface area (Å²) in [7, 11) is -3.61. The van der Waals surface area contributed by atoms with Gasteiger partial charge >= 0.3 is 0 Å². The molecular formula is C13H16N2O3S2. The Labute approximate surface area is 122 Å². The van der Waals surface area contributed by atoms with E-state index in [1.54, 1.807) is 6.92 Å². The summed E-state index contributed by atoms with van der Waals surface area (Å²) < 4.78 is 27.1. The van der Waals surface area contributed by atoms with Crippen molar-refractivity contribution in [1.29, 1.82) is 0 Å². The molecule has 2 N–H and O–H groups in total. The monoisotopic (exact) mass is 312 g/mol. The van der Waals surface area contributed by atoms with Gasteiger partial charge in [0.15, 0.2) is 0 Å². The van der Waals surface area contributed by atoms with Crippen LogP contribution in [0, 0.1) is 13.8 Å². The Balaban J connectivity index is 2.24. The van der Waals surface area contributed by atoms with E-state index < -0.39 is 10.0 Å². The summed E-state index contributed by atoms with van der Waals surface area (Å²) in [4.78, 5) is 5.33. The van der Waals surface area contributed by atoms with Crippen molar-refractivity contribution in [3.05, 3.63) is 39.8 Å². The zero-order valence-electron chi connectivity index (χ0n) is 11.4. The van der Waals surface area contributed by atoms with E-state index in [1.807, 2.05) is 13.8 Å². The summed E-state index contributed by atoms with van der Waals surface area (Å²) in [5.41, 5.74) is 0.841. The third-order valence-corrected chi connectivity index (χ3v) is 5.62. The molecule has 108 valence electrons. The molecule has 1 aromatic carbocycles. The Hall–Kier alpha value is -1.44. The van der Waals surface area contributed by atoms with Gasteiger partial charge in [-0.05, 0) is 45.0 Å². The third kappa shape index (κ3) is 3.17. The molecule has 0 aliphatic rings. The number of benzene rings is 1. The minimum absolute atomic E-state index is 0.0333. The first kappa shape index (κ1) is 15.0. The Morgan fingerprint density at radius 1 is 1.25 bits per heavy atom. The van der Waals surface area contributed by atoms with Crippen molar-refractivity contribution in [2.45, 2.75) is 31.7 Å². The molecule has 0 amide bonds. The summed E-state index contributed by atoms with van der Waals surface area (Å²) in [6.45, 7) is 5.55. The van der Waals surface area contributed by atoms with Gasteiger partial charge in [-0.15, -0.1) is 11.3 Å². The van der Waals surface area contributed by atoms with Crippen molar-refractivity contribution in [3.63, 3.8) is 0 Å². The fourth-order valence-electron chi connectivity index (χ4n) is 1.93. The highest BCUT2D eigenvalue weighted by atomic mass is 32.2. The molecule has 0 saturated carbocycles. The first-order valence-corrected chi connectivity index (χ1v) is 8.35. The lowest BCUT2D eigenvalue weighted by atomic mass is 10.2. The molecule has 5 nitrogen and oxygen atoms in total. The second kappa shape index (κ2) is 5.51. The fourth-order valence-corrected chi connectivity index (χ4v) is 4.15. The van der Waals surface area contributed by atoms with Crippen LogP contribution in [-0.2, 0) is 10.0 Å². The van der Waals surface area contributed by atoms with Gasteiger partial charge in [0, 0.05) is 4.88 Å². The predicted molar refractivity (Wildman–Crippen MR) is 78.4 cm³/mol. The zero-order valence-corrected chi connectivity index (χ0v) is 13.0. The average molecular weight is 312 g/mol. The molecule has 0 fully saturated rings. The fraction of sp³-hybridized carbons (Fsp3) is 0.308. The number of nitrogens with zero attached hydrogens (tertiary/aromatic N) is 1. The van der Waals surface area contributed by atoms with Crippen molar-refractivity contribution in [1.82, 2.24) is 9.71 Å². The van der Waals surface area contributed by atoms with Crippen LogP contribution in [0.2, 0.25) is 0 Å². The van der Waals surface area contributed by atoms with Crippen LogP contribution in [0.25, 0.3) is 0 Å². The van der Waals surface area contributed by atoms with Crippen molar-refractivity contribution in [2.24, 2.45) is 0 Å². The molecule has 7 heteroatoms. The first-order chi connectivity index (χ1) is 9.29. The number of aromatic hydroxyl groups is 1. The summed E-state index contributed by atoms with van der Waals surface area (Å²) in [5.74, 6) is 0.0333. The van der Waals surface area contributed by atoms with Crippen LogP contribution in [-0.4, -0.2) is 18.5 Å². The van der Waals surface area contributed by atoms with Crippen molar-refractivity contribution in [2.75, 3.05) is 0 Å². The number of rotatable bonds is 4. The van der Waals surface area contributed by atoms with E-state index in [4.69, 9.17) is 0 Å². The third-order valence-electron chi connectivity index (χ3n) is 2.81. The molecule has 1 aromatic heterocycles. The molecule has 0 bridgehead atoms. The molecule has 0 aliphatic heterocycles. The molecule has 0 spiro atoms. The highest BCUT2D eigenvalue weighted by Crippen LogP contribution is 2.26. The maximum absolute atomic E-state index is 12.2. The maximum Gasteiger partial charge on any atom is 0.241 e. The second-order valence-corrected chi connectivity index (χ2v) is 7.47. The Kier molecular flexibility index (Phi) is 4.12. The minimum atomic E-state index is -3.61. The van der Waals surface area contributed by atoms with Gasteiger partial charge in [0.25, 0.3) is 0 Å². The quantitative estimate of drug-likeness (QED) is 0.909. The van der Waals surface area contributed by atoms with Gasteiger partial charge in [-0.25, -0.2) is 18.1 Å². The van der Waals surface area contributed by atoms with E-state index in [9.17, 15) is 13.5 Å². The Morgan fingerprint density at radius 2 is 1.85 bits per heavy atom. The van der Waals surface area contributed by atoms with E-state index in [0.717, 1.165) is 15.6 Å². The summed E-state index contributed by atoms with van der Waals surface area (Å²) in [6, 6.07) is 5.09. The van der Waals surface area contributed by atoms with Crippen LogP contribution in [0.1, 0.15) is 28.5 Å². The lowest BCUT2D eigenvalue weighted by Gasteiger charge is -2.13. The number of phenolic OH excluding ortho intramolecular Hbond substituents is 1. The Morgan fingerprint density at radius 3 is 2.35 bits per heavy atom. The molecule has 0 aliphatic carbocycles. The van der Waals surface area contributed by atoms with Crippen LogP contribution >= 0.6 is 11.3 Å². The summed E-state index contributed by atoms with van der Waals surface area (Å²) in [6.07, 6.45) is 0. The van der Waals surface area contributed by atoms with Gasteiger partial charge < -0.3 is 5.11 Å². The molecule has 0 saturated heterocycles. The predicted octanol–water partition coefficient (Wildman–Crippen LogP) is 2.51. The maximum atomic E-state index is 12.2. The van der Waals surface area contributed by atoms with Crippen LogP contribution < -0.4 is 4.72 Å². The summed E-state index contributed by atoms with van der Waals surface area (Å²) >= 11 is 1.48. The number of hydrogen-bond acceptors (Lipinski definition) is 5. The van der Waals surface area contributed by atoms with E-state index in [2.05, 4.69) is 9.71 Å². The molecule has 1 heterocycles. The highest BCUT2D eigenvalue weighted by molar-refractivity contribution is 7.89. The van der Waals surface area contributed by atoms with Gasteiger partial charge in [0.1, 0.15) is 5.75 Å². The minimum Gasteiger partial charge on any atom is -0.508 e. The van der Waals surface area contributed by atoms with Crippen LogP contribution in [0.15, 0.2) is 29.2 Å². The van der Waals surface area contributed by atoms with Crippen molar-refractivity contribution < 1.29 is 13.5 Å². The number of thiazole rings is 1. The number of nitrogens with one attached hydrogen (secondary N) is 1. The van der Waals surface area contributed by atoms with E-state index in [1.165, 1.54) is 35.6 Å². The van der Waals surface area contributed by atoms with Crippen molar-refractivity contribution in [3.8, 4) is 5.75 Å². The number of phenols is 1. The van der Waals surface area contributed by atoms with Gasteiger partial charge in [-0.3, -0.25) is 0 Å². The van der Waals surface area contributed by atoms with Crippen LogP contribution in [0.3, 0.4) is 0 Å². The SMILES string of the molecule is Cc1nc(C)c(C(C)NS(=O)(=O)c2ccc(O)cc2)s1. The molecule has 0 radical (unpaired) electrons. The number of sulfonamides is 1. The molecular weight excluding hydrogens is 296 g/mol. The average Bonchev–Trinajstić information content (AvgIpc) is 2.68. The van der Waals surface area contributed by atoms with Gasteiger partial charge in [-0.2, -0.15) is 0 Å². The highest BCUT2D eigenvalue weighted by Gasteiger charge is 2.21. The first-order valence-electron chi connectivity index (χ1n) is 6.05. The molecule has 20 heavy (non-hydrogen) atoms. The van der Waals surface area contributed by atoms with Crippen LogP contribution in [0.4, 0.5) is 0 Å². The van der Waals surface area contributed by atoms with Gasteiger partial charge in [0.05, 0.1) is 21.6 Å². The normalized spacial score (nSPS) is 13.3. The standard InChI is InChI=1S/C13H16N2O3S2/c1-8-13(19-10(3)14-8)9(2)15-20(17,18)12-6-4-11(16)5-7-12/h4-7,9,15-16H,1-3H3. The van der Waals surface area contributed by atoms with E-state index in [-0.39, 0.29) is 16.7 Å². The number of hydrogen-bond donors (Lipinski definition) is 2. The topological polar surface area (TPSA) is 79.3 Å². The Bertz CT molecular complexity index is 706. The molecule has 2 aromatic rings. The van der Waals surface area contributed by atoms with Gasteiger partial charge in [-0.1, -0.05) is 0 Å². The number of aromatic nitrogens is 1. The second-order valence-electron chi connectivity index (χ2n) is 4.52. The molecule has 1 unspecified atom stereocenters. The number of aryl methyl sites for hydroxylation is 2. The van der Waals surface area contributed by atoms with E-state index in [0.29, 0.717) is 0 Å². The van der Waals surface area contributed by atoms with Crippen LogP contribution in [0.5, 0.6) is 5.75 Å². The summed E-state index contributed by atoms with van der Waals surface area (Å²) in [5, 5.41) is 10.1. The molecule has 1 atom stereocenters. The van der Waals surface area contributed by atoms with Crippen molar-refractivity contribution >= 4 is 21.4 Å². The zero-order chi connectivity index (χ0) is 14.9. The smallest absolute Gasteiger partial charge is 0.241 e.